The minimum Gasteiger partial charge on any atom is -0.237 e. The highest BCUT2D eigenvalue weighted by Crippen LogP contribution is 2.40. The molecule has 1 fully saturated rings. The number of hydrogen-bond acceptors (Lipinski definition) is 1. The molecule has 15 heavy (non-hydrogen) atoms. The molecule has 0 unspecified atom stereocenters. The summed E-state index contributed by atoms with van der Waals surface area (Å²) in [7, 11) is 0. The third-order valence-electron chi connectivity index (χ3n) is 3.34. The molecule has 1 aliphatic rings. The fourth-order valence-electron chi connectivity index (χ4n) is 2.38. The van der Waals surface area contributed by atoms with E-state index in [4.69, 9.17) is 0 Å². The van der Waals surface area contributed by atoms with Crippen LogP contribution in [-0.4, -0.2) is 9.61 Å². The van der Waals surface area contributed by atoms with Gasteiger partial charge in [0, 0.05) is 11.8 Å². The maximum Gasteiger partial charge on any atom is 0.149 e. The molecule has 2 aromatic heterocycles. The third kappa shape index (κ3) is 1.19. The van der Waals surface area contributed by atoms with Crippen LogP contribution in [0.2, 0.25) is 0 Å². The lowest BCUT2D eigenvalue weighted by molar-refractivity contribution is 0.419. The molecule has 0 aliphatic heterocycles. The zero-order valence-corrected chi connectivity index (χ0v) is 8.70. The second kappa shape index (κ2) is 3.05. The Morgan fingerprint density at radius 2 is 2.27 bits per heavy atom. The maximum atomic E-state index is 13.7. The van der Waals surface area contributed by atoms with Gasteiger partial charge in [-0.05, 0) is 37.8 Å². The Bertz CT molecular complexity index is 512. The standard InChI is InChI=1S/C12H13FN2/c1-8-11(9-4-2-5-9)12-10(13)6-3-7-15(12)14-8/h3,6-7,9H,2,4-5H2,1H3. The van der Waals surface area contributed by atoms with Crippen LogP contribution in [0.3, 0.4) is 0 Å². The van der Waals surface area contributed by atoms with E-state index in [2.05, 4.69) is 5.10 Å². The van der Waals surface area contributed by atoms with Crippen molar-refractivity contribution in [2.45, 2.75) is 32.1 Å². The first-order valence-electron chi connectivity index (χ1n) is 5.40. The van der Waals surface area contributed by atoms with E-state index >= 15 is 0 Å². The van der Waals surface area contributed by atoms with E-state index in [9.17, 15) is 4.39 Å². The van der Waals surface area contributed by atoms with Crippen LogP contribution in [0.1, 0.15) is 36.4 Å². The van der Waals surface area contributed by atoms with Gasteiger partial charge in [-0.25, -0.2) is 8.91 Å². The maximum absolute atomic E-state index is 13.7. The summed E-state index contributed by atoms with van der Waals surface area (Å²) in [5.74, 6) is 0.374. The minimum absolute atomic E-state index is 0.153. The van der Waals surface area contributed by atoms with Crippen molar-refractivity contribution in [2.75, 3.05) is 0 Å². The van der Waals surface area contributed by atoms with Crippen LogP contribution < -0.4 is 0 Å². The van der Waals surface area contributed by atoms with Crippen molar-refractivity contribution < 1.29 is 4.39 Å². The molecule has 0 saturated heterocycles. The Morgan fingerprint density at radius 1 is 1.47 bits per heavy atom. The number of halogens is 1. The van der Waals surface area contributed by atoms with Gasteiger partial charge in [-0.3, -0.25) is 0 Å². The summed E-state index contributed by atoms with van der Waals surface area (Å²) in [5.41, 5.74) is 2.78. The van der Waals surface area contributed by atoms with Gasteiger partial charge in [0.15, 0.2) is 0 Å². The molecule has 1 aliphatic carbocycles. The van der Waals surface area contributed by atoms with Crippen LogP contribution in [0.25, 0.3) is 5.52 Å². The lowest BCUT2D eigenvalue weighted by atomic mass is 9.79. The van der Waals surface area contributed by atoms with Gasteiger partial charge in [0.1, 0.15) is 11.3 Å². The number of nitrogens with zero attached hydrogens (tertiary/aromatic N) is 2. The molecule has 3 rings (SSSR count). The SMILES string of the molecule is Cc1nn2cccc(F)c2c1C1CCC1. The average Bonchev–Trinajstić information content (AvgIpc) is 2.42. The molecule has 2 aromatic rings. The number of aromatic nitrogens is 2. The lowest BCUT2D eigenvalue weighted by Crippen LogP contribution is -2.09. The molecule has 0 radical (unpaired) electrons. The fraction of sp³-hybridized carbons (Fsp3) is 0.417. The molecule has 0 aromatic carbocycles. The highest BCUT2D eigenvalue weighted by Gasteiger charge is 2.26. The molecule has 2 heterocycles. The summed E-state index contributed by atoms with van der Waals surface area (Å²) in [6.07, 6.45) is 5.43. The number of hydrogen-bond donors (Lipinski definition) is 0. The summed E-state index contributed by atoms with van der Waals surface area (Å²) in [5, 5.41) is 4.35. The zero-order chi connectivity index (χ0) is 10.4. The number of aryl methyl sites for hydroxylation is 1. The number of pyridine rings is 1. The first kappa shape index (κ1) is 8.89. The largest absolute Gasteiger partial charge is 0.237 e. The topological polar surface area (TPSA) is 17.3 Å². The van der Waals surface area contributed by atoms with Gasteiger partial charge in [0.2, 0.25) is 0 Å². The molecule has 78 valence electrons. The van der Waals surface area contributed by atoms with Crippen molar-refractivity contribution in [1.29, 1.82) is 0 Å². The van der Waals surface area contributed by atoms with Gasteiger partial charge in [0.25, 0.3) is 0 Å². The predicted octanol–water partition coefficient (Wildman–Crippen LogP) is 3.05. The van der Waals surface area contributed by atoms with Crippen molar-refractivity contribution in [1.82, 2.24) is 9.61 Å². The highest BCUT2D eigenvalue weighted by molar-refractivity contribution is 5.59. The first-order valence-corrected chi connectivity index (χ1v) is 5.40. The molecule has 2 nitrogen and oxygen atoms in total. The van der Waals surface area contributed by atoms with E-state index in [-0.39, 0.29) is 5.82 Å². The Hall–Kier alpha value is -1.38. The van der Waals surface area contributed by atoms with Crippen molar-refractivity contribution in [3.63, 3.8) is 0 Å². The fourth-order valence-corrected chi connectivity index (χ4v) is 2.38. The van der Waals surface area contributed by atoms with E-state index in [1.54, 1.807) is 10.6 Å². The Kier molecular flexibility index (Phi) is 1.81. The molecule has 0 N–H and O–H groups in total. The second-order valence-corrected chi connectivity index (χ2v) is 4.28. The molecule has 1 saturated carbocycles. The van der Waals surface area contributed by atoms with Crippen molar-refractivity contribution in [2.24, 2.45) is 0 Å². The van der Waals surface area contributed by atoms with Crippen molar-refractivity contribution in [3.05, 3.63) is 35.4 Å². The smallest absolute Gasteiger partial charge is 0.149 e. The summed E-state index contributed by atoms with van der Waals surface area (Å²) in [6.45, 7) is 1.97. The summed E-state index contributed by atoms with van der Waals surface area (Å²) in [4.78, 5) is 0. The Balaban J connectivity index is 2.30. The summed E-state index contributed by atoms with van der Waals surface area (Å²) < 4.78 is 15.4. The molecular formula is C12H13FN2. The first-order chi connectivity index (χ1) is 7.27. The Labute approximate surface area is 87.7 Å². The van der Waals surface area contributed by atoms with Gasteiger partial charge in [-0.1, -0.05) is 6.42 Å². The monoisotopic (exact) mass is 204 g/mol. The number of fused-ring (bicyclic) bond motifs is 1. The predicted molar refractivity (Wildman–Crippen MR) is 56.5 cm³/mol. The molecule has 3 heteroatoms. The van der Waals surface area contributed by atoms with E-state index < -0.39 is 0 Å². The van der Waals surface area contributed by atoms with Gasteiger partial charge in [-0.2, -0.15) is 5.10 Å². The molecule has 0 amide bonds. The minimum atomic E-state index is -0.153. The van der Waals surface area contributed by atoms with Crippen LogP contribution in [0, 0.1) is 12.7 Å². The van der Waals surface area contributed by atoms with Crippen LogP contribution in [0.5, 0.6) is 0 Å². The van der Waals surface area contributed by atoms with Crippen molar-refractivity contribution in [3.8, 4) is 0 Å². The normalized spacial score (nSPS) is 16.9. The van der Waals surface area contributed by atoms with E-state index in [0.717, 1.165) is 11.3 Å². The van der Waals surface area contributed by atoms with Crippen LogP contribution in [0.4, 0.5) is 4.39 Å². The molecule has 0 bridgehead atoms. The number of rotatable bonds is 1. The van der Waals surface area contributed by atoms with Crippen LogP contribution in [0.15, 0.2) is 18.3 Å². The van der Waals surface area contributed by atoms with Crippen LogP contribution in [-0.2, 0) is 0 Å². The van der Waals surface area contributed by atoms with Gasteiger partial charge >= 0.3 is 0 Å². The molecule has 0 spiro atoms. The van der Waals surface area contributed by atoms with Gasteiger partial charge in [0.05, 0.1) is 5.69 Å². The van der Waals surface area contributed by atoms with E-state index in [1.807, 2.05) is 13.1 Å². The highest BCUT2D eigenvalue weighted by atomic mass is 19.1. The summed E-state index contributed by atoms with van der Waals surface area (Å²) >= 11 is 0. The third-order valence-corrected chi connectivity index (χ3v) is 3.34. The average molecular weight is 204 g/mol. The van der Waals surface area contributed by atoms with Crippen molar-refractivity contribution >= 4 is 5.52 Å². The van der Waals surface area contributed by atoms with Gasteiger partial charge in [-0.15, -0.1) is 0 Å². The van der Waals surface area contributed by atoms with Crippen LogP contribution >= 0.6 is 0 Å². The van der Waals surface area contributed by atoms with Gasteiger partial charge < -0.3 is 0 Å². The lowest BCUT2D eigenvalue weighted by Gasteiger charge is -2.25. The quantitative estimate of drug-likeness (QED) is 0.697. The van der Waals surface area contributed by atoms with E-state index in [0.29, 0.717) is 11.4 Å². The molecular weight excluding hydrogens is 191 g/mol. The van der Waals surface area contributed by atoms with E-state index in [1.165, 1.54) is 25.3 Å². The summed E-state index contributed by atoms with van der Waals surface area (Å²) in [6, 6.07) is 3.21. The zero-order valence-electron chi connectivity index (χ0n) is 8.70. The second-order valence-electron chi connectivity index (χ2n) is 4.28. The Morgan fingerprint density at radius 3 is 2.93 bits per heavy atom. The molecule has 0 atom stereocenters.